The molecule has 1 aromatic heterocycles. The van der Waals surface area contributed by atoms with Crippen LogP contribution in [-0.4, -0.2) is 5.78 Å². The first kappa shape index (κ1) is 13.0. The van der Waals surface area contributed by atoms with E-state index < -0.39 is 0 Å². The number of ketones is 1. The van der Waals surface area contributed by atoms with Gasteiger partial charge >= 0.3 is 0 Å². The monoisotopic (exact) mass is 281 g/mol. The molecule has 0 amide bonds. The quantitative estimate of drug-likeness (QED) is 0.739. The third-order valence-electron chi connectivity index (χ3n) is 3.47. The lowest BCUT2D eigenvalue weighted by Gasteiger charge is -2.07. The Labute approximate surface area is 121 Å². The van der Waals surface area contributed by atoms with Crippen molar-refractivity contribution in [3.8, 4) is 0 Å². The number of benzene rings is 2. The van der Waals surface area contributed by atoms with Crippen LogP contribution in [0.15, 0.2) is 53.9 Å². The smallest absolute Gasteiger partial charge is 0.168 e. The molecule has 0 spiro atoms. The molecular formula is C17H15NOS. The largest absolute Gasteiger partial charge is 0.326 e. The molecule has 1 heterocycles. The van der Waals surface area contributed by atoms with Crippen molar-refractivity contribution < 1.29 is 4.79 Å². The molecule has 0 saturated carbocycles. The van der Waals surface area contributed by atoms with Crippen molar-refractivity contribution in [3.63, 3.8) is 0 Å². The van der Waals surface area contributed by atoms with Crippen molar-refractivity contribution in [2.75, 3.05) is 0 Å². The van der Waals surface area contributed by atoms with E-state index in [1.165, 1.54) is 0 Å². The van der Waals surface area contributed by atoms with Crippen molar-refractivity contribution in [1.29, 1.82) is 0 Å². The third-order valence-corrected chi connectivity index (χ3v) is 4.43. The Hall–Kier alpha value is -1.97. The maximum absolute atomic E-state index is 12.6. The Morgan fingerprint density at radius 3 is 2.60 bits per heavy atom. The van der Waals surface area contributed by atoms with Crippen molar-refractivity contribution in [1.82, 2.24) is 0 Å². The fraction of sp³-hybridized carbons (Fsp3) is 0.118. The molecule has 3 aromatic rings. The summed E-state index contributed by atoms with van der Waals surface area (Å²) < 4.78 is 1.07. The lowest BCUT2D eigenvalue weighted by atomic mass is 9.98. The predicted octanol–water partition coefficient (Wildman–Crippen LogP) is 3.79. The van der Waals surface area contributed by atoms with E-state index >= 15 is 0 Å². The summed E-state index contributed by atoms with van der Waals surface area (Å²) in [6, 6.07) is 15.8. The average molecular weight is 281 g/mol. The highest BCUT2D eigenvalue weighted by Gasteiger charge is 2.13. The van der Waals surface area contributed by atoms with Gasteiger partial charge in [-0.2, -0.15) is 0 Å². The average Bonchev–Trinajstić information content (AvgIpc) is 2.96. The fourth-order valence-electron chi connectivity index (χ4n) is 2.41. The van der Waals surface area contributed by atoms with E-state index in [2.05, 4.69) is 0 Å². The van der Waals surface area contributed by atoms with Crippen LogP contribution in [0.2, 0.25) is 0 Å². The Balaban J connectivity index is 1.95. The van der Waals surface area contributed by atoms with Gasteiger partial charge in [0.25, 0.3) is 0 Å². The second-order valence-electron chi connectivity index (χ2n) is 4.72. The summed E-state index contributed by atoms with van der Waals surface area (Å²) in [5.41, 5.74) is 8.60. The fourth-order valence-corrected chi connectivity index (χ4v) is 3.34. The van der Waals surface area contributed by atoms with Gasteiger partial charge in [-0.25, -0.2) is 0 Å². The highest BCUT2D eigenvalue weighted by atomic mass is 32.1. The van der Waals surface area contributed by atoms with Gasteiger partial charge in [0.15, 0.2) is 5.78 Å². The van der Waals surface area contributed by atoms with Crippen LogP contribution in [-0.2, 0) is 13.0 Å². The molecular weight excluding hydrogens is 266 g/mol. The normalized spacial score (nSPS) is 10.8. The van der Waals surface area contributed by atoms with E-state index in [4.69, 9.17) is 5.73 Å². The number of hydrogen-bond acceptors (Lipinski definition) is 3. The van der Waals surface area contributed by atoms with Crippen LogP contribution in [0.3, 0.4) is 0 Å². The molecule has 0 aliphatic heterocycles. The molecule has 0 aliphatic carbocycles. The number of nitrogens with two attached hydrogens (primary N) is 1. The van der Waals surface area contributed by atoms with Gasteiger partial charge in [-0.05, 0) is 34.0 Å². The van der Waals surface area contributed by atoms with E-state index in [1.54, 1.807) is 11.3 Å². The summed E-state index contributed by atoms with van der Waals surface area (Å²) in [5.74, 6) is 0.152. The van der Waals surface area contributed by atoms with Crippen LogP contribution in [0, 0.1) is 0 Å². The topological polar surface area (TPSA) is 43.1 Å². The molecule has 0 unspecified atom stereocenters. The maximum Gasteiger partial charge on any atom is 0.168 e. The van der Waals surface area contributed by atoms with Crippen molar-refractivity contribution in [2.45, 2.75) is 13.0 Å². The highest BCUT2D eigenvalue weighted by molar-refractivity contribution is 7.17. The lowest BCUT2D eigenvalue weighted by molar-refractivity contribution is 0.0994. The molecule has 0 radical (unpaired) electrons. The summed E-state index contributed by atoms with van der Waals surface area (Å²) in [5, 5.41) is 3.16. The third kappa shape index (κ3) is 2.38. The van der Waals surface area contributed by atoms with Crippen molar-refractivity contribution >= 4 is 27.2 Å². The minimum absolute atomic E-state index is 0.152. The number of thiophene rings is 1. The van der Waals surface area contributed by atoms with Crippen LogP contribution in [0.5, 0.6) is 0 Å². The second kappa shape index (κ2) is 5.57. The number of carbonyl (C=O) groups excluding carboxylic acids is 1. The molecule has 2 aromatic carbocycles. The van der Waals surface area contributed by atoms with E-state index in [9.17, 15) is 4.79 Å². The molecule has 3 heteroatoms. The lowest BCUT2D eigenvalue weighted by Crippen LogP contribution is -2.08. The van der Waals surface area contributed by atoms with Crippen LogP contribution in [0.4, 0.5) is 0 Å². The first-order chi connectivity index (χ1) is 9.79. The first-order valence-electron chi connectivity index (χ1n) is 6.56. The minimum Gasteiger partial charge on any atom is -0.326 e. The van der Waals surface area contributed by atoms with Crippen LogP contribution in [0.25, 0.3) is 10.1 Å². The minimum atomic E-state index is 0.152. The highest BCUT2D eigenvalue weighted by Crippen LogP contribution is 2.26. The molecule has 20 heavy (non-hydrogen) atoms. The molecule has 2 nitrogen and oxygen atoms in total. The summed E-state index contributed by atoms with van der Waals surface area (Å²) in [7, 11) is 0. The van der Waals surface area contributed by atoms with Gasteiger partial charge in [0.05, 0.1) is 0 Å². The van der Waals surface area contributed by atoms with Gasteiger partial charge in [-0.1, -0.05) is 36.4 Å². The zero-order valence-corrected chi connectivity index (χ0v) is 11.8. The summed E-state index contributed by atoms with van der Waals surface area (Å²) in [6.07, 6.45) is 0.407. The van der Waals surface area contributed by atoms with Gasteiger partial charge in [0.2, 0.25) is 0 Å². The van der Waals surface area contributed by atoms with E-state index in [-0.39, 0.29) is 5.78 Å². The second-order valence-corrected chi connectivity index (χ2v) is 5.63. The van der Waals surface area contributed by atoms with Gasteiger partial charge in [0, 0.05) is 23.2 Å². The van der Waals surface area contributed by atoms with E-state index in [0.29, 0.717) is 13.0 Å². The number of fused-ring (bicyclic) bond motifs is 1. The SMILES string of the molecule is NCc1ccccc1CC(=O)c1cccc2ccsc12. The maximum atomic E-state index is 12.6. The van der Waals surface area contributed by atoms with Crippen molar-refractivity contribution in [3.05, 3.63) is 70.6 Å². The molecule has 0 bridgehead atoms. The molecule has 100 valence electrons. The molecule has 0 saturated heterocycles. The molecule has 3 rings (SSSR count). The number of Topliss-reactive ketones (excluding diaryl/α,β-unsaturated/α-hetero) is 1. The van der Waals surface area contributed by atoms with Gasteiger partial charge < -0.3 is 5.73 Å². The number of rotatable bonds is 4. The van der Waals surface area contributed by atoms with Gasteiger partial charge in [-0.3, -0.25) is 4.79 Å². The van der Waals surface area contributed by atoms with Gasteiger partial charge in [0.1, 0.15) is 0 Å². The number of hydrogen-bond donors (Lipinski definition) is 1. The van der Waals surface area contributed by atoms with Crippen LogP contribution < -0.4 is 5.73 Å². The molecule has 0 atom stereocenters. The zero-order valence-electron chi connectivity index (χ0n) is 11.0. The first-order valence-corrected chi connectivity index (χ1v) is 7.44. The van der Waals surface area contributed by atoms with Gasteiger partial charge in [-0.15, -0.1) is 11.3 Å². The standard InChI is InChI=1S/C17H15NOS/c18-11-14-5-2-1-4-13(14)10-16(19)15-7-3-6-12-8-9-20-17(12)15/h1-9H,10-11,18H2. The Kier molecular flexibility index (Phi) is 3.63. The van der Waals surface area contributed by atoms with E-state index in [1.807, 2.05) is 53.9 Å². The Morgan fingerprint density at radius 2 is 1.80 bits per heavy atom. The predicted molar refractivity (Wildman–Crippen MR) is 84.2 cm³/mol. The van der Waals surface area contributed by atoms with E-state index in [0.717, 1.165) is 26.8 Å². The Morgan fingerprint density at radius 1 is 1.00 bits per heavy atom. The summed E-state index contributed by atoms with van der Waals surface area (Å²) in [6.45, 7) is 0.465. The molecule has 2 N–H and O–H groups in total. The van der Waals surface area contributed by atoms with Crippen molar-refractivity contribution in [2.24, 2.45) is 5.73 Å². The molecule has 0 fully saturated rings. The number of carbonyl (C=O) groups is 1. The Bertz CT molecular complexity index is 760. The molecule has 0 aliphatic rings. The summed E-state index contributed by atoms with van der Waals surface area (Å²) in [4.78, 5) is 12.6. The van der Waals surface area contributed by atoms with Crippen LogP contribution >= 0.6 is 11.3 Å². The van der Waals surface area contributed by atoms with Crippen LogP contribution in [0.1, 0.15) is 21.5 Å². The summed E-state index contributed by atoms with van der Waals surface area (Å²) >= 11 is 1.62. The zero-order chi connectivity index (χ0) is 13.9.